The zero-order chi connectivity index (χ0) is 19.6. The smallest absolute Gasteiger partial charge is 0.336 e. The first kappa shape index (κ1) is 19.4. The van der Waals surface area contributed by atoms with Crippen LogP contribution in [0.4, 0.5) is 0 Å². The second-order valence-electron chi connectivity index (χ2n) is 7.29. The number of hydrogen-bond acceptors (Lipinski definition) is 5. The number of amides is 1. The number of ether oxygens (including phenoxy) is 1. The number of aryl methyl sites for hydroxylation is 2. The van der Waals surface area contributed by atoms with E-state index in [1.807, 2.05) is 26.0 Å². The predicted molar refractivity (Wildman–Crippen MR) is 103 cm³/mol. The monoisotopic (exact) mass is 373 g/mol. The summed E-state index contributed by atoms with van der Waals surface area (Å²) in [5.74, 6) is 0.786. The number of hydrogen-bond donors (Lipinski definition) is 1. The van der Waals surface area contributed by atoms with E-state index in [1.54, 1.807) is 11.8 Å². The van der Waals surface area contributed by atoms with Crippen LogP contribution in [0.1, 0.15) is 37.8 Å². The van der Waals surface area contributed by atoms with Crippen molar-refractivity contribution in [1.82, 2.24) is 4.90 Å². The standard InChI is InChI=1S/C21H27NO5/c1-4-16-11-19(24)27-18-10-13(2)9-17(20(16)18)26-14(3)21(25)22-7-5-15(12-23)6-8-22/h9-11,14-15,23H,4-8,12H2,1-3H3. The number of nitrogens with zero attached hydrogens (tertiary/aromatic N) is 1. The van der Waals surface area contributed by atoms with Crippen LogP contribution in [0.25, 0.3) is 11.0 Å². The molecular formula is C21H27NO5. The van der Waals surface area contributed by atoms with Gasteiger partial charge in [0.2, 0.25) is 0 Å². The van der Waals surface area contributed by atoms with Crippen molar-refractivity contribution in [3.63, 3.8) is 0 Å². The van der Waals surface area contributed by atoms with E-state index < -0.39 is 6.10 Å². The average molecular weight is 373 g/mol. The minimum absolute atomic E-state index is 0.0588. The normalized spacial score (nSPS) is 16.5. The van der Waals surface area contributed by atoms with E-state index in [4.69, 9.17) is 9.15 Å². The van der Waals surface area contributed by atoms with Gasteiger partial charge in [0.05, 0.1) is 5.39 Å². The molecule has 2 aromatic rings. The van der Waals surface area contributed by atoms with Crippen molar-refractivity contribution < 1.29 is 19.1 Å². The summed E-state index contributed by atoms with van der Waals surface area (Å²) in [6, 6.07) is 5.18. The van der Waals surface area contributed by atoms with E-state index in [0.29, 0.717) is 30.8 Å². The van der Waals surface area contributed by atoms with E-state index in [-0.39, 0.29) is 24.1 Å². The second-order valence-corrected chi connectivity index (χ2v) is 7.29. The molecule has 1 N–H and O–H groups in total. The molecule has 0 radical (unpaired) electrons. The van der Waals surface area contributed by atoms with Gasteiger partial charge in [-0.1, -0.05) is 6.92 Å². The number of aliphatic hydroxyl groups is 1. The lowest BCUT2D eigenvalue weighted by atomic mass is 9.97. The van der Waals surface area contributed by atoms with E-state index in [1.165, 1.54) is 6.07 Å². The van der Waals surface area contributed by atoms with E-state index in [9.17, 15) is 14.7 Å². The van der Waals surface area contributed by atoms with Gasteiger partial charge in [0.1, 0.15) is 11.3 Å². The number of benzene rings is 1. The molecule has 1 aliphatic rings. The lowest BCUT2D eigenvalue weighted by Crippen LogP contribution is -2.45. The van der Waals surface area contributed by atoms with Gasteiger partial charge in [-0.15, -0.1) is 0 Å². The Morgan fingerprint density at radius 3 is 2.67 bits per heavy atom. The summed E-state index contributed by atoms with van der Waals surface area (Å²) < 4.78 is 11.4. The topological polar surface area (TPSA) is 80.0 Å². The first-order valence-electron chi connectivity index (χ1n) is 9.56. The number of fused-ring (bicyclic) bond motifs is 1. The third-order valence-electron chi connectivity index (χ3n) is 5.25. The molecule has 1 fully saturated rings. The summed E-state index contributed by atoms with van der Waals surface area (Å²) in [6.45, 7) is 7.07. The zero-order valence-corrected chi connectivity index (χ0v) is 16.2. The van der Waals surface area contributed by atoms with Crippen LogP contribution in [0.3, 0.4) is 0 Å². The van der Waals surface area contributed by atoms with Gasteiger partial charge in [0, 0.05) is 25.8 Å². The van der Waals surface area contributed by atoms with Gasteiger partial charge < -0.3 is 19.2 Å². The third-order valence-corrected chi connectivity index (χ3v) is 5.25. The van der Waals surface area contributed by atoms with Crippen LogP contribution < -0.4 is 10.4 Å². The first-order chi connectivity index (χ1) is 12.9. The number of carbonyl (C=O) groups is 1. The van der Waals surface area contributed by atoms with Crippen LogP contribution in [0, 0.1) is 12.8 Å². The second kappa shape index (κ2) is 8.13. The fourth-order valence-corrected chi connectivity index (χ4v) is 3.68. The fourth-order valence-electron chi connectivity index (χ4n) is 3.68. The van der Waals surface area contributed by atoms with Crippen LogP contribution in [-0.2, 0) is 11.2 Å². The Morgan fingerprint density at radius 2 is 2.04 bits per heavy atom. The van der Waals surface area contributed by atoms with Gasteiger partial charge in [-0.3, -0.25) is 4.79 Å². The van der Waals surface area contributed by atoms with Gasteiger partial charge in [0.25, 0.3) is 5.91 Å². The summed E-state index contributed by atoms with van der Waals surface area (Å²) in [4.78, 5) is 26.4. The highest BCUT2D eigenvalue weighted by Gasteiger charge is 2.27. The van der Waals surface area contributed by atoms with Crippen LogP contribution in [-0.4, -0.2) is 41.7 Å². The van der Waals surface area contributed by atoms with Crippen molar-refractivity contribution in [2.75, 3.05) is 19.7 Å². The fraction of sp³-hybridized carbons (Fsp3) is 0.524. The summed E-state index contributed by atoms with van der Waals surface area (Å²) >= 11 is 0. The maximum atomic E-state index is 12.8. The maximum absolute atomic E-state index is 12.8. The number of rotatable bonds is 5. The molecular weight excluding hydrogens is 346 g/mol. The molecule has 3 rings (SSSR count). The van der Waals surface area contributed by atoms with Crippen LogP contribution in [0.2, 0.25) is 0 Å². The summed E-state index contributed by atoms with van der Waals surface area (Å²) in [5, 5.41) is 10.0. The van der Waals surface area contributed by atoms with Gasteiger partial charge >= 0.3 is 5.63 Å². The Labute approximate surface area is 158 Å². The Hall–Kier alpha value is -2.34. The first-order valence-corrected chi connectivity index (χ1v) is 9.56. The Kier molecular flexibility index (Phi) is 5.85. The van der Waals surface area contributed by atoms with Crippen LogP contribution in [0.5, 0.6) is 5.75 Å². The Balaban J connectivity index is 1.85. The van der Waals surface area contributed by atoms with Gasteiger partial charge in [-0.05, 0) is 62.3 Å². The molecule has 27 heavy (non-hydrogen) atoms. The lowest BCUT2D eigenvalue weighted by Gasteiger charge is -2.33. The van der Waals surface area contributed by atoms with Crippen molar-refractivity contribution >= 4 is 16.9 Å². The molecule has 1 amide bonds. The lowest BCUT2D eigenvalue weighted by molar-refractivity contribution is -0.139. The van der Waals surface area contributed by atoms with E-state index >= 15 is 0 Å². The van der Waals surface area contributed by atoms with Crippen molar-refractivity contribution in [3.05, 3.63) is 39.7 Å². The molecule has 1 aromatic carbocycles. The van der Waals surface area contributed by atoms with E-state index in [0.717, 1.165) is 29.4 Å². The molecule has 0 bridgehead atoms. The molecule has 6 nitrogen and oxygen atoms in total. The largest absolute Gasteiger partial charge is 0.480 e. The SMILES string of the molecule is CCc1cc(=O)oc2cc(C)cc(OC(C)C(=O)N3CCC(CO)CC3)c12. The van der Waals surface area contributed by atoms with Crippen LogP contribution in [0.15, 0.2) is 27.4 Å². The summed E-state index contributed by atoms with van der Waals surface area (Å²) in [6.07, 6.45) is 1.65. The van der Waals surface area contributed by atoms with Crippen LogP contribution >= 0.6 is 0 Å². The minimum Gasteiger partial charge on any atom is -0.480 e. The van der Waals surface area contributed by atoms with Crippen molar-refractivity contribution in [3.8, 4) is 5.75 Å². The molecule has 1 atom stereocenters. The zero-order valence-electron chi connectivity index (χ0n) is 16.2. The third kappa shape index (κ3) is 4.16. The molecule has 0 spiro atoms. The molecule has 1 aliphatic heterocycles. The molecule has 2 heterocycles. The number of likely N-dealkylation sites (tertiary alicyclic amines) is 1. The molecule has 1 aromatic heterocycles. The Morgan fingerprint density at radius 1 is 1.33 bits per heavy atom. The summed E-state index contributed by atoms with van der Waals surface area (Å²) in [7, 11) is 0. The molecule has 1 unspecified atom stereocenters. The molecule has 0 aliphatic carbocycles. The number of piperidine rings is 1. The summed E-state index contributed by atoms with van der Waals surface area (Å²) in [5.41, 5.74) is 1.85. The highest BCUT2D eigenvalue weighted by Crippen LogP contribution is 2.31. The highest BCUT2D eigenvalue weighted by atomic mass is 16.5. The quantitative estimate of drug-likeness (QED) is 0.815. The molecule has 0 saturated carbocycles. The van der Waals surface area contributed by atoms with Crippen molar-refractivity contribution in [2.24, 2.45) is 5.92 Å². The van der Waals surface area contributed by atoms with Crippen molar-refractivity contribution in [2.45, 2.75) is 46.1 Å². The molecule has 1 saturated heterocycles. The average Bonchev–Trinajstić information content (AvgIpc) is 2.66. The molecule has 6 heteroatoms. The molecule has 146 valence electrons. The van der Waals surface area contributed by atoms with E-state index in [2.05, 4.69) is 0 Å². The maximum Gasteiger partial charge on any atom is 0.336 e. The van der Waals surface area contributed by atoms with Gasteiger partial charge in [-0.2, -0.15) is 0 Å². The minimum atomic E-state index is -0.641. The number of aliphatic hydroxyl groups excluding tert-OH is 1. The predicted octanol–water partition coefficient (Wildman–Crippen LogP) is 2.66. The van der Waals surface area contributed by atoms with Crippen molar-refractivity contribution in [1.29, 1.82) is 0 Å². The van der Waals surface area contributed by atoms with Gasteiger partial charge in [0.15, 0.2) is 6.10 Å². The van der Waals surface area contributed by atoms with Gasteiger partial charge in [-0.25, -0.2) is 4.79 Å². The highest BCUT2D eigenvalue weighted by molar-refractivity contribution is 5.88. The number of carbonyl (C=O) groups excluding carboxylic acids is 1. The Bertz CT molecular complexity index is 880.